The molecule has 0 aliphatic heterocycles. The Kier molecular flexibility index (Phi) is 7.55. The summed E-state index contributed by atoms with van der Waals surface area (Å²) in [5.74, 6) is -0.232. The van der Waals surface area contributed by atoms with Gasteiger partial charge in [-0.1, -0.05) is 49.4 Å². The number of nitrogens with zero attached hydrogens (tertiary/aromatic N) is 2. The van der Waals surface area contributed by atoms with Crippen molar-refractivity contribution >= 4 is 5.97 Å². The van der Waals surface area contributed by atoms with Crippen LogP contribution in [0.15, 0.2) is 54.6 Å². The number of aliphatic carboxylic acids is 1. The van der Waals surface area contributed by atoms with Crippen molar-refractivity contribution in [1.29, 1.82) is 0 Å². The number of carboxylic acids is 1. The van der Waals surface area contributed by atoms with Gasteiger partial charge in [-0.3, -0.25) is 4.68 Å². The van der Waals surface area contributed by atoms with Crippen molar-refractivity contribution in [2.45, 2.75) is 45.6 Å². The van der Waals surface area contributed by atoms with Crippen LogP contribution in [-0.2, 0) is 22.5 Å². The molecule has 6 heteroatoms. The van der Waals surface area contributed by atoms with E-state index in [1.54, 1.807) is 12.1 Å². The predicted octanol–water partition coefficient (Wildman–Crippen LogP) is 5.83. The van der Waals surface area contributed by atoms with E-state index in [1.807, 2.05) is 24.3 Å². The predicted molar refractivity (Wildman–Crippen MR) is 126 cm³/mol. The molecule has 1 aliphatic rings. The van der Waals surface area contributed by atoms with Gasteiger partial charge in [0.2, 0.25) is 0 Å². The van der Waals surface area contributed by atoms with Gasteiger partial charge in [0.1, 0.15) is 18.1 Å². The SMILES string of the molecule is CCc1c(-c2cccc(F)c2)c(-c2ccccc2)nn1CC1CCC(COCC(=O)O)CC1. The van der Waals surface area contributed by atoms with E-state index in [9.17, 15) is 9.18 Å². The highest BCUT2D eigenvalue weighted by Crippen LogP contribution is 2.37. The minimum Gasteiger partial charge on any atom is -0.480 e. The largest absolute Gasteiger partial charge is 0.480 e. The molecule has 174 valence electrons. The van der Waals surface area contributed by atoms with E-state index in [4.69, 9.17) is 14.9 Å². The van der Waals surface area contributed by atoms with Crippen molar-refractivity contribution in [1.82, 2.24) is 9.78 Å². The molecular weight excluding hydrogens is 419 g/mol. The Morgan fingerprint density at radius 3 is 2.42 bits per heavy atom. The van der Waals surface area contributed by atoms with Gasteiger partial charge >= 0.3 is 5.97 Å². The molecule has 0 unspecified atom stereocenters. The van der Waals surface area contributed by atoms with Crippen LogP contribution in [0.1, 0.15) is 38.3 Å². The zero-order valence-corrected chi connectivity index (χ0v) is 19.0. The maximum absolute atomic E-state index is 14.1. The number of carbonyl (C=O) groups is 1. The lowest BCUT2D eigenvalue weighted by atomic mass is 9.82. The van der Waals surface area contributed by atoms with Gasteiger partial charge in [0.15, 0.2) is 0 Å². The van der Waals surface area contributed by atoms with Crippen LogP contribution in [0.5, 0.6) is 0 Å². The maximum atomic E-state index is 14.1. The number of benzene rings is 2. The maximum Gasteiger partial charge on any atom is 0.329 e. The highest BCUT2D eigenvalue weighted by molar-refractivity contribution is 5.82. The summed E-state index contributed by atoms with van der Waals surface area (Å²) in [5.41, 5.74) is 4.93. The third-order valence-corrected chi connectivity index (χ3v) is 6.53. The van der Waals surface area contributed by atoms with Gasteiger partial charge in [-0.2, -0.15) is 5.10 Å². The normalized spacial score (nSPS) is 18.4. The van der Waals surface area contributed by atoms with E-state index in [0.29, 0.717) is 18.4 Å². The van der Waals surface area contributed by atoms with Crippen LogP contribution < -0.4 is 0 Å². The number of hydrogen-bond donors (Lipinski definition) is 1. The second-order valence-electron chi connectivity index (χ2n) is 8.88. The van der Waals surface area contributed by atoms with Crippen molar-refractivity contribution in [3.63, 3.8) is 0 Å². The minimum atomic E-state index is -0.919. The first-order valence-corrected chi connectivity index (χ1v) is 11.8. The van der Waals surface area contributed by atoms with Gasteiger partial charge in [-0.25, -0.2) is 9.18 Å². The van der Waals surface area contributed by atoms with Gasteiger partial charge in [0.25, 0.3) is 0 Å². The molecule has 0 atom stereocenters. The van der Waals surface area contributed by atoms with E-state index in [1.165, 1.54) is 6.07 Å². The first-order valence-electron chi connectivity index (χ1n) is 11.8. The number of ether oxygens (including phenoxy) is 1. The number of rotatable bonds is 9. The molecule has 1 saturated carbocycles. The Balaban J connectivity index is 1.56. The smallest absolute Gasteiger partial charge is 0.329 e. The number of hydrogen-bond acceptors (Lipinski definition) is 3. The van der Waals surface area contributed by atoms with Crippen LogP contribution in [0, 0.1) is 17.7 Å². The Bertz CT molecular complexity index is 1070. The molecule has 33 heavy (non-hydrogen) atoms. The van der Waals surface area contributed by atoms with Crippen LogP contribution in [0.4, 0.5) is 4.39 Å². The average Bonchev–Trinajstić information content (AvgIpc) is 3.18. The number of halogens is 1. The fraction of sp³-hybridized carbons (Fsp3) is 0.407. The monoisotopic (exact) mass is 450 g/mol. The minimum absolute atomic E-state index is 0.224. The molecule has 0 bridgehead atoms. The molecule has 1 aromatic heterocycles. The zero-order chi connectivity index (χ0) is 23.2. The fourth-order valence-electron chi connectivity index (χ4n) is 4.89. The summed E-state index contributed by atoms with van der Waals surface area (Å²) in [6.45, 7) is 3.25. The van der Waals surface area contributed by atoms with Crippen LogP contribution in [0.3, 0.4) is 0 Å². The van der Waals surface area contributed by atoms with E-state index in [-0.39, 0.29) is 12.4 Å². The van der Waals surface area contributed by atoms with Gasteiger partial charge in [0, 0.05) is 23.4 Å². The molecule has 0 radical (unpaired) electrons. The third-order valence-electron chi connectivity index (χ3n) is 6.53. The molecule has 1 fully saturated rings. The molecule has 0 amide bonds. The summed E-state index contributed by atoms with van der Waals surface area (Å²) < 4.78 is 21.5. The van der Waals surface area contributed by atoms with Crippen LogP contribution in [0.2, 0.25) is 0 Å². The Morgan fingerprint density at radius 1 is 1.06 bits per heavy atom. The van der Waals surface area contributed by atoms with Crippen molar-refractivity contribution in [2.24, 2.45) is 11.8 Å². The lowest BCUT2D eigenvalue weighted by Gasteiger charge is -2.28. The molecular formula is C27H31FN2O3. The summed E-state index contributed by atoms with van der Waals surface area (Å²) in [7, 11) is 0. The van der Waals surface area contributed by atoms with Crippen molar-refractivity contribution in [3.05, 3.63) is 66.1 Å². The number of carboxylic acid groups (broad SMARTS) is 1. The third kappa shape index (κ3) is 5.69. The van der Waals surface area contributed by atoms with Crippen molar-refractivity contribution < 1.29 is 19.0 Å². The summed E-state index contributed by atoms with van der Waals surface area (Å²) in [4.78, 5) is 10.7. The molecule has 0 spiro atoms. The first kappa shape index (κ1) is 23.2. The molecule has 2 aromatic carbocycles. The summed E-state index contributed by atoms with van der Waals surface area (Å²) in [6, 6.07) is 16.9. The molecule has 0 saturated heterocycles. The highest BCUT2D eigenvalue weighted by atomic mass is 19.1. The standard InChI is InChI=1S/C27H31FN2O3/c1-2-24-26(22-9-6-10-23(28)15-22)27(21-7-4-3-5-8-21)29-30(24)16-19-11-13-20(14-12-19)17-33-18-25(31)32/h3-10,15,19-20H,2,11-14,16-18H2,1H3,(H,31,32). The topological polar surface area (TPSA) is 64.4 Å². The van der Waals surface area contributed by atoms with E-state index < -0.39 is 5.97 Å². The van der Waals surface area contributed by atoms with Crippen LogP contribution >= 0.6 is 0 Å². The second kappa shape index (κ2) is 10.8. The van der Waals surface area contributed by atoms with Gasteiger partial charge < -0.3 is 9.84 Å². The molecule has 5 nitrogen and oxygen atoms in total. The van der Waals surface area contributed by atoms with Crippen LogP contribution in [0.25, 0.3) is 22.4 Å². The Morgan fingerprint density at radius 2 is 1.76 bits per heavy atom. The zero-order valence-electron chi connectivity index (χ0n) is 19.0. The quantitative estimate of drug-likeness (QED) is 0.446. The highest BCUT2D eigenvalue weighted by Gasteiger charge is 2.25. The summed E-state index contributed by atoms with van der Waals surface area (Å²) >= 11 is 0. The first-order chi connectivity index (χ1) is 16.0. The fourth-order valence-corrected chi connectivity index (χ4v) is 4.89. The van der Waals surface area contributed by atoms with Crippen molar-refractivity contribution in [2.75, 3.05) is 13.2 Å². The molecule has 4 rings (SSSR count). The average molecular weight is 451 g/mol. The molecule has 1 heterocycles. The Labute approximate surface area is 194 Å². The lowest BCUT2D eigenvalue weighted by Crippen LogP contribution is -2.23. The lowest BCUT2D eigenvalue weighted by molar-refractivity contribution is -0.142. The summed E-state index contributed by atoms with van der Waals surface area (Å²) in [5, 5.41) is 13.8. The van der Waals surface area contributed by atoms with E-state index in [2.05, 4.69) is 23.7 Å². The molecule has 1 N–H and O–H groups in total. The second-order valence-corrected chi connectivity index (χ2v) is 8.88. The Hall–Kier alpha value is -2.99. The molecule has 1 aliphatic carbocycles. The molecule has 3 aromatic rings. The van der Waals surface area contributed by atoms with Crippen LogP contribution in [-0.4, -0.2) is 34.1 Å². The van der Waals surface area contributed by atoms with E-state index in [0.717, 1.165) is 66.7 Å². The summed E-state index contributed by atoms with van der Waals surface area (Å²) in [6.07, 6.45) is 5.02. The number of aromatic nitrogens is 2. The van der Waals surface area contributed by atoms with Crippen molar-refractivity contribution in [3.8, 4) is 22.4 Å². The van der Waals surface area contributed by atoms with Gasteiger partial charge in [-0.05, 0) is 61.6 Å². The van der Waals surface area contributed by atoms with Gasteiger partial charge in [-0.15, -0.1) is 0 Å². The van der Waals surface area contributed by atoms with E-state index >= 15 is 0 Å². The van der Waals surface area contributed by atoms with Gasteiger partial charge in [0.05, 0.1) is 6.61 Å².